The zero-order valence-corrected chi connectivity index (χ0v) is 14.8. The predicted molar refractivity (Wildman–Crippen MR) is 94.3 cm³/mol. The first-order valence-electron chi connectivity index (χ1n) is 8.06. The number of aromatic nitrogens is 2. The van der Waals surface area contributed by atoms with Gasteiger partial charge in [-0.05, 0) is 30.9 Å². The lowest BCUT2D eigenvalue weighted by molar-refractivity contribution is -0.114. The van der Waals surface area contributed by atoms with Crippen LogP contribution in [0.4, 0.5) is 5.13 Å². The zero-order valence-electron chi connectivity index (χ0n) is 14.0. The number of nitrogens with zero attached hydrogens (tertiary/aromatic N) is 3. The lowest BCUT2D eigenvalue weighted by Gasteiger charge is -2.14. The summed E-state index contributed by atoms with van der Waals surface area (Å²) in [6, 6.07) is 4.01. The van der Waals surface area contributed by atoms with Gasteiger partial charge in [-0.25, -0.2) is 9.97 Å². The fraction of sp³-hybridized carbons (Fsp3) is 0.471. The Morgan fingerprint density at radius 1 is 1.42 bits per heavy atom. The number of ether oxygens (including phenoxy) is 1. The average molecular weight is 346 g/mol. The quantitative estimate of drug-likeness (QED) is 0.871. The second-order valence-corrected chi connectivity index (χ2v) is 7.23. The van der Waals surface area contributed by atoms with Gasteiger partial charge < -0.3 is 10.1 Å². The van der Waals surface area contributed by atoms with Crippen LogP contribution in [-0.2, 0) is 17.8 Å². The molecule has 24 heavy (non-hydrogen) atoms. The van der Waals surface area contributed by atoms with Crippen molar-refractivity contribution in [3.63, 3.8) is 0 Å². The van der Waals surface area contributed by atoms with E-state index in [2.05, 4.69) is 26.3 Å². The van der Waals surface area contributed by atoms with Crippen molar-refractivity contribution in [2.24, 2.45) is 5.92 Å². The molecule has 0 bridgehead atoms. The smallest absolute Gasteiger partial charge is 0.223 e. The number of hydrogen-bond acceptors (Lipinski definition) is 6. The van der Waals surface area contributed by atoms with Crippen molar-refractivity contribution >= 4 is 22.4 Å². The molecule has 7 heteroatoms. The van der Waals surface area contributed by atoms with Crippen molar-refractivity contribution in [2.45, 2.75) is 26.3 Å². The molecule has 1 unspecified atom stereocenters. The molecule has 0 spiro atoms. The second kappa shape index (κ2) is 7.72. The molecule has 128 valence electrons. The fourth-order valence-electron chi connectivity index (χ4n) is 3.02. The van der Waals surface area contributed by atoms with Gasteiger partial charge in [0.25, 0.3) is 0 Å². The number of pyridine rings is 1. The van der Waals surface area contributed by atoms with E-state index in [1.165, 1.54) is 23.8 Å². The molecule has 0 aromatic carbocycles. The summed E-state index contributed by atoms with van der Waals surface area (Å²) < 4.78 is 5.10. The highest BCUT2D eigenvalue weighted by molar-refractivity contribution is 7.15. The summed E-state index contributed by atoms with van der Waals surface area (Å²) in [4.78, 5) is 23.2. The Balaban J connectivity index is 1.49. The zero-order chi connectivity index (χ0) is 16.9. The molecule has 0 saturated carbocycles. The highest BCUT2D eigenvalue weighted by Crippen LogP contribution is 2.25. The summed E-state index contributed by atoms with van der Waals surface area (Å²) in [7, 11) is 1.63. The van der Waals surface area contributed by atoms with Crippen LogP contribution in [0.2, 0.25) is 0 Å². The number of hydrogen-bond donors (Lipinski definition) is 1. The molecular weight excluding hydrogens is 324 g/mol. The maximum Gasteiger partial charge on any atom is 0.223 e. The van der Waals surface area contributed by atoms with Crippen LogP contribution in [0, 0.1) is 5.92 Å². The number of rotatable bonds is 6. The molecule has 1 fully saturated rings. The van der Waals surface area contributed by atoms with Crippen LogP contribution >= 0.6 is 11.3 Å². The van der Waals surface area contributed by atoms with Crippen molar-refractivity contribution in [2.75, 3.05) is 25.5 Å². The number of thiazole rings is 1. The van der Waals surface area contributed by atoms with Crippen molar-refractivity contribution in [3.05, 3.63) is 35.0 Å². The molecule has 0 radical (unpaired) electrons. The molecule has 1 atom stereocenters. The molecule has 1 aliphatic rings. The number of carbonyl (C=O) groups excluding carboxylic acids is 1. The number of carbonyl (C=O) groups is 1. The van der Waals surface area contributed by atoms with Crippen LogP contribution in [0.25, 0.3) is 0 Å². The molecule has 2 aromatic heterocycles. The fourth-order valence-corrected chi connectivity index (χ4v) is 3.92. The van der Waals surface area contributed by atoms with Crippen molar-refractivity contribution in [1.82, 2.24) is 14.9 Å². The monoisotopic (exact) mass is 346 g/mol. The van der Waals surface area contributed by atoms with Crippen LogP contribution in [0.15, 0.2) is 24.5 Å². The van der Waals surface area contributed by atoms with Crippen molar-refractivity contribution < 1.29 is 9.53 Å². The van der Waals surface area contributed by atoms with E-state index in [9.17, 15) is 4.79 Å². The van der Waals surface area contributed by atoms with Crippen molar-refractivity contribution in [3.8, 4) is 5.88 Å². The highest BCUT2D eigenvalue weighted by Gasteiger charge is 2.23. The summed E-state index contributed by atoms with van der Waals surface area (Å²) in [6.07, 6.45) is 6.01. The molecule has 2 aromatic rings. The van der Waals surface area contributed by atoms with E-state index in [1.54, 1.807) is 18.4 Å². The van der Waals surface area contributed by atoms with Gasteiger partial charge in [0, 0.05) is 43.4 Å². The normalized spacial score (nSPS) is 17.8. The van der Waals surface area contributed by atoms with Crippen LogP contribution in [0.3, 0.4) is 0 Å². The maximum atomic E-state index is 11.1. The molecule has 1 saturated heterocycles. The summed E-state index contributed by atoms with van der Waals surface area (Å²) >= 11 is 1.55. The lowest BCUT2D eigenvalue weighted by Crippen LogP contribution is -2.20. The van der Waals surface area contributed by atoms with Crippen LogP contribution in [-0.4, -0.2) is 41.0 Å². The van der Waals surface area contributed by atoms with E-state index in [0.717, 1.165) is 26.1 Å². The lowest BCUT2D eigenvalue weighted by atomic mass is 10.00. The SMILES string of the molecule is COc1ccc(CC2CCN(Cc3cnc(NC(C)=O)s3)C2)cn1. The van der Waals surface area contributed by atoms with Gasteiger partial charge in [0.15, 0.2) is 5.13 Å². The predicted octanol–water partition coefficient (Wildman–Crippen LogP) is 2.57. The summed E-state index contributed by atoms with van der Waals surface area (Å²) in [6.45, 7) is 4.58. The van der Waals surface area contributed by atoms with E-state index >= 15 is 0 Å². The van der Waals surface area contributed by atoms with Gasteiger partial charge in [-0.15, -0.1) is 11.3 Å². The van der Waals surface area contributed by atoms with Gasteiger partial charge in [-0.2, -0.15) is 0 Å². The number of likely N-dealkylation sites (tertiary alicyclic amines) is 1. The molecular formula is C17H22N4O2S. The molecule has 6 nitrogen and oxygen atoms in total. The summed E-state index contributed by atoms with van der Waals surface area (Å²) in [5, 5.41) is 3.41. The Morgan fingerprint density at radius 3 is 3.00 bits per heavy atom. The average Bonchev–Trinajstić information content (AvgIpc) is 3.17. The van der Waals surface area contributed by atoms with E-state index in [0.29, 0.717) is 16.9 Å². The van der Waals surface area contributed by atoms with Gasteiger partial charge >= 0.3 is 0 Å². The van der Waals surface area contributed by atoms with Crippen LogP contribution in [0.5, 0.6) is 5.88 Å². The number of anilines is 1. The molecule has 1 aliphatic heterocycles. The Kier molecular flexibility index (Phi) is 5.42. The van der Waals surface area contributed by atoms with Crippen molar-refractivity contribution in [1.29, 1.82) is 0 Å². The third kappa shape index (κ3) is 4.52. The minimum atomic E-state index is -0.0785. The first kappa shape index (κ1) is 16.9. The van der Waals surface area contributed by atoms with Crippen LogP contribution in [0.1, 0.15) is 23.8 Å². The third-order valence-corrected chi connectivity index (χ3v) is 5.01. The van der Waals surface area contributed by atoms with E-state index in [-0.39, 0.29) is 5.91 Å². The first-order chi connectivity index (χ1) is 11.6. The summed E-state index contributed by atoms with van der Waals surface area (Å²) in [5.74, 6) is 1.24. The van der Waals surface area contributed by atoms with Gasteiger partial charge in [-0.3, -0.25) is 9.69 Å². The summed E-state index contributed by atoms with van der Waals surface area (Å²) in [5.41, 5.74) is 1.26. The standard InChI is InChI=1S/C17H22N4O2S/c1-12(22)20-17-19-9-15(24-17)11-21-6-5-14(10-21)7-13-3-4-16(23-2)18-8-13/h3-4,8-9,14H,5-7,10-11H2,1-2H3,(H,19,20,22). The largest absolute Gasteiger partial charge is 0.481 e. The molecule has 1 N–H and O–H groups in total. The number of nitrogens with one attached hydrogen (secondary N) is 1. The third-order valence-electron chi connectivity index (χ3n) is 4.12. The number of amides is 1. The van der Waals surface area contributed by atoms with Gasteiger partial charge in [0.2, 0.25) is 11.8 Å². The van der Waals surface area contributed by atoms with Gasteiger partial charge in [0.05, 0.1) is 7.11 Å². The Bertz CT molecular complexity index is 686. The maximum absolute atomic E-state index is 11.1. The Hall–Kier alpha value is -1.99. The first-order valence-corrected chi connectivity index (χ1v) is 8.87. The Morgan fingerprint density at radius 2 is 2.29 bits per heavy atom. The van der Waals surface area contributed by atoms with Gasteiger partial charge in [0.1, 0.15) is 0 Å². The minimum absolute atomic E-state index is 0.0785. The molecule has 3 rings (SSSR count). The van der Waals surface area contributed by atoms with E-state index in [1.807, 2.05) is 18.5 Å². The highest BCUT2D eigenvalue weighted by atomic mass is 32.1. The topological polar surface area (TPSA) is 67.3 Å². The van der Waals surface area contributed by atoms with Crippen LogP contribution < -0.4 is 10.1 Å². The van der Waals surface area contributed by atoms with E-state index < -0.39 is 0 Å². The minimum Gasteiger partial charge on any atom is -0.481 e. The Labute approximate surface area is 145 Å². The van der Waals surface area contributed by atoms with Gasteiger partial charge in [-0.1, -0.05) is 6.07 Å². The number of methoxy groups -OCH3 is 1. The second-order valence-electron chi connectivity index (χ2n) is 6.12. The molecule has 1 amide bonds. The van der Waals surface area contributed by atoms with E-state index in [4.69, 9.17) is 4.74 Å². The molecule has 0 aliphatic carbocycles. The molecule has 3 heterocycles.